The van der Waals surface area contributed by atoms with Crippen molar-refractivity contribution >= 4 is 29.1 Å². The molecule has 2 aromatic heterocycles. The van der Waals surface area contributed by atoms with E-state index in [2.05, 4.69) is 26.0 Å². The highest BCUT2D eigenvalue weighted by molar-refractivity contribution is 5.98. The Morgan fingerprint density at radius 1 is 1.23 bits per heavy atom. The third kappa shape index (κ3) is 5.72. The van der Waals surface area contributed by atoms with Gasteiger partial charge in [-0.1, -0.05) is 6.07 Å². The number of carbonyl (C=O) groups is 3. The molecule has 0 bridgehead atoms. The van der Waals surface area contributed by atoms with Crippen molar-refractivity contribution in [3.63, 3.8) is 0 Å². The number of hydrogen-bond donors (Lipinski definition) is 3. The predicted molar refractivity (Wildman–Crippen MR) is 123 cm³/mol. The van der Waals surface area contributed by atoms with Crippen LogP contribution in [0, 0.1) is 5.82 Å². The topological polar surface area (TPSA) is 136 Å². The van der Waals surface area contributed by atoms with Gasteiger partial charge in [-0.25, -0.2) is 13.9 Å². The average molecular weight is 484 g/mol. The van der Waals surface area contributed by atoms with Gasteiger partial charge in [0, 0.05) is 19.2 Å². The Morgan fingerprint density at radius 3 is 2.80 bits per heavy atom. The number of rotatable bonds is 7. The lowest BCUT2D eigenvalue weighted by atomic mass is 10.1. The minimum atomic E-state index is -0.768. The smallest absolute Gasteiger partial charge is 0.270 e. The van der Waals surface area contributed by atoms with Gasteiger partial charge >= 0.3 is 0 Å². The molecule has 3 N–H and O–H groups in total. The number of fused-ring (bicyclic) bond motifs is 2. The number of ether oxygens (including phenoxy) is 2. The summed E-state index contributed by atoms with van der Waals surface area (Å²) in [5.41, 5.74) is 0.389. The van der Waals surface area contributed by atoms with Crippen molar-refractivity contribution in [3.8, 4) is 5.75 Å². The van der Waals surface area contributed by atoms with E-state index in [0.29, 0.717) is 17.0 Å². The minimum absolute atomic E-state index is 0.0477. The number of anilines is 1. The highest BCUT2D eigenvalue weighted by Crippen LogP contribution is 2.28. The van der Waals surface area contributed by atoms with E-state index in [-0.39, 0.29) is 54.8 Å². The van der Waals surface area contributed by atoms with E-state index in [1.54, 1.807) is 18.2 Å². The van der Waals surface area contributed by atoms with Crippen molar-refractivity contribution in [1.29, 1.82) is 0 Å². The quantitative estimate of drug-likeness (QED) is 0.434. The van der Waals surface area contributed by atoms with Gasteiger partial charge in [0.25, 0.3) is 17.7 Å². The van der Waals surface area contributed by atoms with Crippen LogP contribution in [0.15, 0.2) is 30.5 Å². The summed E-state index contributed by atoms with van der Waals surface area (Å²) in [5, 5.41) is 11.9. The number of aromatic nitrogens is 3. The van der Waals surface area contributed by atoms with E-state index in [1.807, 2.05) is 20.8 Å². The zero-order valence-electron chi connectivity index (χ0n) is 19.5. The van der Waals surface area contributed by atoms with Crippen molar-refractivity contribution in [1.82, 2.24) is 25.2 Å². The Kier molecular flexibility index (Phi) is 6.65. The van der Waals surface area contributed by atoms with E-state index >= 15 is 0 Å². The monoisotopic (exact) mass is 484 g/mol. The maximum Gasteiger partial charge on any atom is 0.270 e. The van der Waals surface area contributed by atoms with E-state index in [4.69, 9.17) is 9.47 Å². The number of carbonyl (C=O) groups excluding carboxylic acids is 3. The first-order valence-corrected chi connectivity index (χ1v) is 10.9. The second kappa shape index (κ2) is 9.66. The molecule has 12 heteroatoms. The molecule has 1 aliphatic heterocycles. The Hall–Kier alpha value is -4.06. The molecular weight excluding hydrogens is 459 g/mol. The number of halogens is 1. The number of benzene rings is 1. The number of amides is 3. The maximum absolute atomic E-state index is 14.2. The van der Waals surface area contributed by atoms with Crippen molar-refractivity contribution in [2.75, 3.05) is 25.1 Å². The van der Waals surface area contributed by atoms with Gasteiger partial charge in [0.2, 0.25) is 0 Å². The first-order valence-electron chi connectivity index (χ1n) is 10.9. The Balaban J connectivity index is 1.48. The predicted octanol–water partition coefficient (Wildman–Crippen LogP) is 1.67. The molecule has 35 heavy (non-hydrogen) atoms. The zero-order chi connectivity index (χ0) is 25.2. The van der Waals surface area contributed by atoms with Gasteiger partial charge in [0.1, 0.15) is 17.1 Å². The second-order valence-electron chi connectivity index (χ2n) is 8.82. The van der Waals surface area contributed by atoms with Crippen LogP contribution in [0.4, 0.5) is 10.1 Å². The summed E-state index contributed by atoms with van der Waals surface area (Å²) in [6.07, 6.45) is 0.924. The molecule has 0 spiro atoms. The Bertz CT molecular complexity index is 1300. The van der Waals surface area contributed by atoms with Crippen LogP contribution in [0.1, 0.15) is 47.3 Å². The zero-order valence-corrected chi connectivity index (χ0v) is 19.5. The number of nitrogens with one attached hydrogen (secondary N) is 3. The fraction of sp³-hybridized carbons (Fsp3) is 0.348. The molecule has 3 amide bonds. The standard InChI is InChI=1S/C23H25FN6O5/c1-23(2,3)35-7-6-25-22(33)17-9-16(29-20-14(24)11-27-30(17)20)21(32)26-10-13-4-5-18-15(8-13)28-19(31)12-34-18/h4-5,8-9,11H,6-7,10,12H2,1-3H3,(H,25,33)(H,26,32)(H,28,31). The highest BCUT2D eigenvalue weighted by Gasteiger charge is 2.21. The summed E-state index contributed by atoms with van der Waals surface area (Å²) < 4.78 is 26.2. The molecule has 184 valence electrons. The summed E-state index contributed by atoms with van der Waals surface area (Å²) >= 11 is 0. The summed E-state index contributed by atoms with van der Waals surface area (Å²) in [7, 11) is 0. The van der Waals surface area contributed by atoms with Gasteiger partial charge in [-0.05, 0) is 38.5 Å². The molecule has 0 fully saturated rings. The molecule has 1 aromatic carbocycles. The molecule has 4 rings (SSSR count). The minimum Gasteiger partial charge on any atom is -0.482 e. The maximum atomic E-state index is 14.2. The Morgan fingerprint density at radius 2 is 2.03 bits per heavy atom. The van der Waals surface area contributed by atoms with Crippen LogP contribution in [-0.4, -0.2) is 57.7 Å². The van der Waals surface area contributed by atoms with Crippen LogP contribution in [-0.2, 0) is 16.1 Å². The third-order valence-electron chi connectivity index (χ3n) is 4.95. The van der Waals surface area contributed by atoms with E-state index in [9.17, 15) is 18.8 Å². The third-order valence-corrected chi connectivity index (χ3v) is 4.95. The lowest BCUT2D eigenvalue weighted by Gasteiger charge is -2.19. The van der Waals surface area contributed by atoms with Crippen LogP contribution in [0.25, 0.3) is 5.65 Å². The fourth-order valence-electron chi connectivity index (χ4n) is 3.34. The lowest BCUT2D eigenvalue weighted by Crippen LogP contribution is -2.32. The molecule has 11 nitrogen and oxygen atoms in total. The Labute approximate surface area is 200 Å². The molecule has 0 saturated heterocycles. The first kappa shape index (κ1) is 24.1. The van der Waals surface area contributed by atoms with E-state index in [0.717, 1.165) is 10.7 Å². The molecule has 0 saturated carbocycles. The summed E-state index contributed by atoms with van der Waals surface area (Å²) in [6.45, 7) is 6.22. The van der Waals surface area contributed by atoms with Crippen LogP contribution >= 0.6 is 0 Å². The summed E-state index contributed by atoms with van der Waals surface area (Å²) in [6, 6.07) is 6.35. The fourth-order valence-corrected chi connectivity index (χ4v) is 3.34. The van der Waals surface area contributed by atoms with Crippen molar-refractivity contribution < 1.29 is 28.2 Å². The normalized spacial score (nSPS) is 13.1. The van der Waals surface area contributed by atoms with Crippen molar-refractivity contribution in [2.45, 2.75) is 32.9 Å². The van der Waals surface area contributed by atoms with Gasteiger partial charge < -0.3 is 25.4 Å². The largest absolute Gasteiger partial charge is 0.482 e. The summed E-state index contributed by atoms with van der Waals surface area (Å²) in [4.78, 5) is 41.1. The number of nitrogens with zero attached hydrogens (tertiary/aromatic N) is 3. The molecule has 3 aromatic rings. The average Bonchev–Trinajstić information content (AvgIpc) is 3.19. The van der Waals surface area contributed by atoms with Gasteiger partial charge in [-0.2, -0.15) is 5.10 Å². The van der Waals surface area contributed by atoms with Gasteiger partial charge in [0.05, 0.1) is 24.1 Å². The molecule has 0 atom stereocenters. The van der Waals surface area contributed by atoms with Crippen LogP contribution in [0.3, 0.4) is 0 Å². The lowest BCUT2D eigenvalue weighted by molar-refractivity contribution is -0.118. The molecule has 0 unspecified atom stereocenters. The van der Waals surface area contributed by atoms with Crippen LogP contribution < -0.4 is 20.7 Å². The molecule has 0 radical (unpaired) electrons. The first-order chi connectivity index (χ1) is 16.6. The SMILES string of the molecule is CC(C)(C)OCCNC(=O)c1cc(C(=O)NCc2ccc3c(c2)NC(=O)CO3)nc2c(F)cnn12. The van der Waals surface area contributed by atoms with Gasteiger partial charge in [-0.15, -0.1) is 0 Å². The van der Waals surface area contributed by atoms with Crippen molar-refractivity contribution in [3.05, 3.63) is 53.2 Å². The van der Waals surface area contributed by atoms with Crippen LogP contribution in [0.5, 0.6) is 5.75 Å². The second-order valence-corrected chi connectivity index (χ2v) is 8.82. The highest BCUT2D eigenvalue weighted by atomic mass is 19.1. The van der Waals surface area contributed by atoms with E-state index < -0.39 is 17.6 Å². The van der Waals surface area contributed by atoms with Gasteiger partial charge in [-0.3, -0.25) is 14.4 Å². The molecule has 1 aliphatic rings. The van der Waals surface area contributed by atoms with Crippen LogP contribution in [0.2, 0.25) is 0 Å². The van der Waals surface area contributed by atoms with E-state index in [1.165, 1.54) is 6.07 Å². The molecule has 0 aliphatic carbocycles. The molecule has 3 heterocycles. The van der Waals surface area contributed by atoms with Crippen molar-refractivity contribution in [2.24, 2.45) is 0 Å². The number of hydrogen-bond acceptors (Lipinski definition) is 7. The molecular formula is C23H25FN6O5. The summed E-state index contributed by atoms with van der Waals surface area (Å²) in [5.74, 6) is -1.68. The van der Waals surface area contributed by atoms with Gasteiger partial charge in [0.15, 0.2) is 18.1 Å².